The van der Waals surface area contributed by atoms with Crippen molar-refractivity contribution in [2.45, 2.75) is 110 Å². The SMILES string of the molecule is CC(C)(C)c1cc(-c2ccc(N(c3ccc(-c4ccccc4)cc3)c3ccc4c(c3)C(C)(C)c3ccccc3-4)cc2)c2c(c1)C(C)(C)c1cc(C(C)(C)C)cc(-c3ccc(N(c4ccc(-c5ccccc5)cc4)c4ccc5c(c4)C(C)(C)c4ccccc4-5)cc3)c1O2. The maximum absolute atomic E-state index is 7.70. The van der Waals surface area contributed by atoms with Crippen molar-refractivity contribution >= 4 is 34.1 Å². The van der Waals surface area contributed by atoms with Gasteiger partial charge in [-0.3, -0.25) is 0 Å². The molecule has 2 aliphatic carbocycles. The van der Waals surface area contributed by atoms with Crippen molar-refractivity contribution in [2.75, 3.05) is 9.80 Å². The van der Waals surface area contributed by atoms with Gasteiger partial charge in [0.2, 0.25) is 0 Å². The van der Waals surface area contributed by atoms with E-state index in [1.165, 1.54) is 89.0 Å². The van der Waals surface area contributed by atoms with Gasteiger partial charge in [-0.25, -0.2) is 0 Å². The summed E-state index contributed by atoms with van der Waals surface area (Å²) < 4.78 is 7.70. The Labute approximate surface area is 545 Å². The van der Waals surface area contributed by atoms with Crippen molar-refractivity contribution in [3.05, 3.63) is 311 Å². The zero-order valence-corrected chi connectivity index (χ0v) is 55.2. The number of hydrogen-bond donors (Lipinski definition) is 0. The molecule has 3 aliphatic rings. The third-order valence-corrected chi connectivity index (χ3v) is 20.4. The van der Waals surface area contributed by atoms with E-state index in [1.54, 1.807) is 0 Å². The maximum Gasteiger partial charge on any atom is 0.139 e. The molecule has 15 rings (SSSR count). The number of ether oxygens (including phenoxy) is 1. The van der Waals surface area contributed by atoms with Crippen LogP contribution < -0.4 is 14.5 Å². The van der Waals surface area contributed by atoms with Gasteiger partial charge >= 0.3 is 0 Å². The summed E-state index contributed by atoms with van der Waals surface area (Å²) in [6.45, 7) is 28.2. The van der Waals surface area contributed by atoms with Gasteiger partial charge in [0.1, 0.15) is 11.5 Å². The summed E-state index contributed by atoms with van der Waals surface area (Å²) in [5.41, 5.74) is 30.4. The summed E-state index contributed by atoms with van der Waals surface area (Å²) in [4.78, 5) is 4.84. The lowest BCUT2D eigenvalue weighted by Gasteiger charge is -2.39. The summed E-state index contributed by atoms with van der Waals surface area (Å²) in [5, 5.41) is 0. The second-order valence-corrected chi connectivity index (χ2v) is 29.4. The Balaban J connectivity index is 0.836. The Morgan fingerprint density at radius 3 is 0.870 bits per heavy atom. The van der Waals surface area contributed by atoms with E-state index in [0.717, 1.165) is 67.9 Å². The Bertz CT molecular complexity index is 4520. The standard InChI is InChI=1S/C89H80N2O/c1-85(2,3)63-51-75(61-35-43-67(44-36-61)90(65-39-31-59(32-40-65)57-23-15-13-16-24-57)69-47-49-73-71-27-19-21-29-77(71)87(7,8)79(73)55-69)83-81(53-63)89(11,12)82-54-64(86(4,5)6)52-76(84(82)92-83)62-37-45-68(46-38-62)91(66-41-33-60(34-42-66)58-25-17-14-18-26-58)70-48-50-74-72-28-20-22-30-78(72)88(9,10)80(74)56-70/h13-56H,1-12H3. The molecular formula is C89H80N2O. The summed E-state index contributed by atoms with van der Waals surface area (Å²) in [7, 11) is 0. The molecule has 0 bridgehead atoms. The quantitative estimate of drug-likeness (QED) is 0.136. The molecular weight excluding hydrogens is 1110 g/mol. The summed E-state index contributed by atoms with van der Waals surface area (Å²) in [6.07, 6.45) is 0. The summed E-state index contributed by atoms with van der Waals surface area (Å²) in [6, 6.07) is 99.5. The first-order valence-electron chi connectivity index (χ1n) is 32.8. The molecule has 0 unspecified atom stereocenters. The van der Waals surface area contributed by atoms with E-state index in [4.69, 9.17) is 4.74 Å². The smallest absolute Gasteiger partial charge is 0.139 e. The van der Waals surface area contributed by atoms with Crippen molar-refractivity contribution < 1.29 is 4.74 Å². The topological polar surface area (TPSA) is 15.7 Å². The molecule has 0 saturated carbocycles. The number of rotatable bonds is 10. The van der Waals surface area contributed by atoms with Gasteiger partial charge in [0, 0.05) is 72.6 Å². The van der Waals surface area contributed by atoms with Crippen LogP contribution in [0.3, 0.4) is 0 Å². The molecule has 0 atom stereocenters. The Hall–Kier alpha value is -9.96. The van der Waals surface area contributed by atoms with Crippen LogP contribution in [0.15, 0.2) is 267 Å². The second kappa shape index (κ2) is 21.6. The van der Waals surface area contributed by atoms with Gasteiger partial charge in [0.05, 0.1) is 0 Å². The van der Waals surface area contributed by atoms with Crippen molar-refractivity contribution in [2.24, 2.45) is 0 Å². The van der Waals surface area contributed by atoms with Crippen LogP contribution in [0.4, 0.5) is 34.1 Å². The first kappa shape index (κ1) is 58.4. The highest BCUT2D eigenvalue weighted by atomic mass is 16.5. The van der Waals surface area contributed by atoms with Crippen molar-refractivity contribution in [1.82, 2.24) is 0 Å². The fourth-order valence-corrected chi connectivity index (χ4v) is 15.0. The first-order chi connectivity index (χ1) is 44.1. The molecule has 12 aromatic carbocycles. The van der Waals surface area contributed by atoms with E-state index >= 15 is 0 Å². The van der Waals surface area contributed by atoms with Crippen molar-refractivity contribution in [1.29, 1.82) is 0 Å². The van der Waals surface area contributed by atoms with Crippen LogP contribution in [0.2, 0.25) is 0 Å². The molecule has 0 spiro atoms. The van der Waals surface area contributed by atoms with Crippen LogP contribution in [-0.2, 0) is 27.1 Å². The lowest BCUT2D eigenvalue weighted by molar-refractivity contribution is 0.418. The Kier molecular flexibility index (Phi) is 13.7. The minimum atomic E-state index is -0.428. The largest absolute Gasteiger partial charge is 0.455 e. The molecule has 0 saturated heterocycles. The van der Waals surface area contributed by atoms with Gasteiger partial charge < -0.3 is 14.5 Å². The second-order valence-electron chi connectivity index (χ2n) is 29.4. The fourth-order valence-electron chi connectivity index (χ4n) is 15.0. The van der Waals surface area contributed by atoms with Crippen LogP contribution in [0.25, 0.3) is 66.8 Å². The number of anilines is 6. The molecule has 0 fully saturated rings. The van der Waals surface area contributed by atoms with Crippen LogP contribution in [0, 0.1) is 0 Å². The van der Waals surface area contributed by atoms with E-state index in [1.807, 2.05) is 0 Å². The van der Waals surface area contributed by atoms with E-state index in [0.29, 0.717) is 0 Å². The molecule has 92 heavy (non-hydrogen) atoms. The van der Waals surface area contributed by atoms with Crippen LogP contribution in [0.5, 0.6) is 11.5 Å². The van der Waals surface area contributed by atoms with E-state index in [9.17, 15) is 0 Å². The van der Waals surface area contributed by atoms with Crippen LogP contribution in [0.1, 0.15) is 128 Å². The number of benzene rings is 12. The van der Waals surface area contributed by atoms with E-state index in [2.05, 4.69) is 360 Å². The maximum atomic E-state index is 7.70. The molecule has 3 heteroatoms. The lowest BCUT2D eigenvalue weighted by atomic mass is 9.70. The van der Waals surface area contributed by atoms with Gasteiger partial charge in [-0.05, 0) is 185 Å². The minimum absolute atomic E-state index is 0.136. The monoisotopic (exact) mass is 1190 g/mol. The third-order valence-electron chi connectivity index (χ3n) is 20.4. The zero-order chi connectivity index (χ0) is 63.6. The average Bonchev–Trinajstić information content (AvgIpc) is 0.889. The van der Waals surface area contributed by atoms with Gasteiger partial charge in [0.25, 0.3) is 0 Å². The van der Waals surface area contributed by atoms with E-state index in [-0.39, 0.29) is 21.7 Å². The molecule has 12 aromatic rings. The third kappa shape index (κ3) is 9.79. The molecule has 452 valence electrons. The van der Waals surface area contributed by atoms with E-state index < -0.39 is 5.41 Å². The van der Waals surface area contributed by atoms with Crippen molar-refractivity contribution in [3.63, 3.8) is 0 Å². The highest BCUT2D eigenvalue weighted by molar-refractivity contribution is 5.90. The number of fused-ring (bicyclic) bond motifs is 8. The molecule has 1 aliphatic heterocycles. The molecule has 0 N–H and O–H groups in total. The molecule has 3 nitrogen and oxygen atoms in total. The van der Waals surface area contributed by atoms with Crippen LogP contribution in [-0.4, -0.2) is 0 Å². The van der Waals surface area contributed by atoms with Gasteiger partial charge in [-0.1, -0.05) is 265 Å². The van der Waals surface area contributed by atoms with Crippen LogP contribution >= 0.6 is 0 Å². The molecule has 0 aromatic heterocycles. The highest BCUT2D eigenvalue weighted by Gasteiger charge is 2.41. The van der Waals surface area contributed by atoms with Gasteiger partial charge in [0.15, 0.2) is 0 Å². The zero-order valence-electron chi connectivity index (χ0n) is 55.2. The minimum Gasteiger partial charge on any atom is -0.455 e. The molecule has 0 amide bonds. The van der Waals surface area contributed by atoms with Crippen molar-refractivity contribution in [3.8, 4) is 78.3 Å². The Morgan fingerprint density at radius 2 is 0.522 bits per heavy atom. The average molecular weight is 1190 g/mol. The summed E-state index contributed by atoms with van der Waals surface area (Å²) >= 11 is 0. The highest BCUT2D eigenvalue weighted by Crippen LogP contribution is 2.58. The lowest BCUT2D eigenvalue weighted by Crippen LogP contribution is -2.27. The normalized spacial score (nSPS) is 14.4. The number of nitrogens with zero attached hydrogens (tertiary/aromatic N) is 2. The molecule has 0 radical (unpaired) electrons. The predicted molar refractivity (Wildman–Crippen MR) is 389 cm³/mol. The predicted octanol–water partition coefficient (Wildman–Crippen LogP) is 24.9. The Morgan fingerprint density at radius 1 is 0.239 bits per heavy atom. The fraction of sp³-hybridized carbons (Fsp3) is 0.191. The van der Waals surface area contributed by atoms with Gasteiger partial charge in [-0.15, -0.1) is 0 Å². The number of hydrogen-bond acceptors (Lipinski definition) is 3. The molecule has 1 heterocycles. The summed E-state index contributed by atoms with van der Waals surface area (Å²) in [5.74, 6) is 1.82. The first-order valence-corrected chi connectivity index (χ1v) is 32.8. The van der Waals surface area contributed by atoms with Gasteiger partial charge in [-0.2, -0.15) is 0 Å².